The van der Waals surface area contributed by atoms with E-state index in [1.54, 1.807) is 6.07 Å². The molecule has 1 saturated heterocycles. The number of hydrogen-bond donors (Lipinski definition) is 1. The third kappa shape index (κ3) is 5.37. The van der Waals surface area contributed by atoms with Crippen molar-refractivity contribution >= 4 is 28.8 Å². The molecule has 8 heteroatoms. The van der Waals surface area contributed by atoms with Crippen molar-refractivity contribution in [3.8, 4) is 0 Å². The molecule has 1 N–H and O–H groups in total. The van der Waals surface area contributed by atoms with Gasteiger partial charge in [-0.05, 0) is 55.5 Å². The summed E-state index contributed by atoms with van der Waals surface area (Å²) in [4.78, 5) is 18.2. The van der Waals surface area contributed by atoms with Crippen LogP contribution in [0.3, 0.4) is 0 Å². The summed E-state index contributed by atoms with van der Waals surface area (Å²) in [5.41, 5.74) is 2.10. The highest BCUT2D eigenvalue weighted by atomic mass is 35.5. The molecule has 0 spiro atoms. The molecule has 2 aliphatic heterocycles. The number of carbonyl (C=O) groups excluding carboxylic acids is 1. The van der Waals surface area contributed by atoms with E-state index in [1.165, 1.54) is 18.1 Å². The number of nitrogens with zero attached hydrogens (tertiary/aromatic N) is 2. The van der Waals surface area contributed by atoms with Crippen LogP contribution in [-0.4, -0.2) is 48.9 Å². The maximum Gasteiger partial charge on any atom is 0.417 e. The first-order chi connectivity index (χ1) is 17.3. The molecule has 0 bridgehead atoms. The number of para-hydroxylation sites is 1. The van der Waals surface area contributed by atoms with Crippen molar-refractivity contribution in [1.82, 2.24) is 4.90 Å². The number of nitrogens with one attached hydrogen (secondary N) is 1. The van der Waals surface area contributed by atoms with Gasteiger partial charge in [0.05, 0.1) is 16.6 Å². The highest BCUT2D eigenvalue weighted by Gasteiger charge is 2.40. The van der Waals surface area contributed by atoms with Crippen molar-refractivity contribution in [2.75, 3.05) is 36.4 Å². The Hall–Kier alpha value is -2.25. The molecule has 2 aromatic carbocycles. The van der Waals surface area contributed by atoms with Crippen molar-refractivity contribution in [1.29, 1.82) is 0 Å². The monoisotopic (exact) mass is 519 g/mol. The first kappa shape index (κ1) is 25.4. The molecule has 2 unspecified atom stereocenters. The van der Waals surface area contributed by atoms with Gasteiger partial charge in [-0.1, -0.05) is 49.1 Å². The van der Waals surface area contributed by atoms with Crippen LogP contribution < -0.4 is 10.2 Å². The standard InChI is InChI=1S/C28H33ClF3N3O/c29-23-12-11-21(18-22(23)28(30,31)32)34-14-16-35(17-15-34)26(27(36)20-7-2-1-3-8-20)25-13-10-19-6-4-5-9-24(19)33-25/h4-6,9,11-12,18,20,25-26,33H,1-3,7-8,10,13-17H2. The Morgan fingerprint density at radius 1 is 0.972 bits per heavy atom. The Bertz CT molecular complexity index is 1080. The summed E-state index contributed by atoms with van der Waals surface area (Å²) in [7, 11) is 0. The third-order valence-corrected chi connectivity index (χ3v) is 8.42. The predicted octanol–water partition coefficient (Wildman–Crippen LogP) is 6.43. The van der Waals surface area contributed by atoms with Crippen LogP contribution in [0.1, 0.15) is 49.7 Å². The minimum atomic E-state index is -4.49. The summed E-state index contributed by atoms with van der Waals surface area (Å²) < 4.78 is 40.2. The van der Waals surface area contributed by atoms with Crippen LogP contribution in [0.4, 0.5) is 24.5 Å². The van der Waals surface area contributed by atoms with Crippen molar-refractivity contribution < 1.29 is 18.0 Å². The van der Waals surface area contributed by atoms with Gasteiger partial charge >= 0.3 is 6.18 Å². The number of fused-ring (bicyclic) bond motifs is 1. The zero-order chi connectivity index (χ0) is 25.3. The van der Waals surface area contributed by atoms with E-state index in [1.807, 2.05) is 17.0 Å². The van der Waals surface area contributed by atoms with Crippen LogP contribution in [0.2, 0.25) is 5.02 Å². The lowest BCUT2D eigenvalue weighted by atomic mass is 9.80. The smallest absolute Gasteiger partial charge is 0.380 e. The fraction of sp³-hybridized carbons (Fsp3) is 0.536. The molecule has 36 heavy (non-hydrogen) atoms. The quantitative estimate of drug-likeness (QED) is 0.494. The van der Waals surface area contributed by atoms with Crippen molar-refractivity contribution in [2.45, 2.75) is 63.2 Å². The number of carbonyl (C=O) groups is 1. The number of ketones is 1. The predicted molar refractivity (Wildman–Crippen MR) is 138 cm³/mol. The van der Waals surface area contributed by atoms with Crippen LogP contribution >= 0.6 is 11.6 Å². The van der Waals surface area contributed by atoms with Gasteiger partial charge in [0.25, 0.3) is 0 Å². The molecule has 2 aromatic rings. The Kier molecular flexibility index (Phi) is 7.49. The number of alkyl halides is 3. The molecule has 2 atom stereocenters. The van der Waals surface area contributed by atoms with Gasteiger partial charge in [-0.3, -0.25) is 9.69 Å². The van der Waals surface area contributed by atoms with Crippen molar-refractivity contribution in [3.05, 3.63) is 58.6 Å². The Labute approximate surface area is 215 Å². The molecule has 1 aliphatic carbocycles. The molecule has 2 fully saturated rings. The second kappa shape index (κ2) is 10.6. The lowest BCUT2D eigenvalue weighted by Gasteiger charge is -2.45. The van der Waals surface area contributed by atoms with Gasteiger partial charge < -0.3 is 10.2 Å². The number of anilines is 2. The number of benzene rings is 2. The van der Waals surface area contributed by atoms with E-state index >= 15 is 0 Å². The normalized spacial score (nSPS) is 22.6. The molecular formula is C28H33ClF3N3O. The van der Waals surface area contributed by atoms with E-state index < -0.39 is 11.7 Å². The van der Waals surface area contributed by atoms with Gasteiger partial charge in [0.2, 0.25) is 0 Å². The second-order valence-corrected chi connectivity index (χ2v) is 10.7. The van der Waals surface area contributed by atoms with E-state index in [0.717, 1.165) is 50.3 Å². The maximum absolute atomic E-state index is 13.9. The largest absolute Gasteiger partial charge is 0.417 e. The minimum Gasteiger partial charge on any atom is -0.380 e. The molecular weight excluding hydrogens is 487 g/mol. The van der Waals surface area contributed by atoms with E-state index in [2.05, 4.69) is 22.3 Å². The Morgan fingerprint density at radius 2 is 1.69 bits per heavy atom. The summed E-state index contributed by atoms with van der Waals surface area (Å²) >= 11 is 5.82. The third-order valence-electron chi connectivity index (χ3n) is 8.09. The summed E-state index contributed by atoms with van der Waals surface area (Å²) in [5, 5.41) is 3.39. The molecule has 2 heterocycles. The molecule has 0 aromatic heterocycles. The lowest BCUT2D eigenvalue weighted by Crippen LogP contribution is -2.60. The van der Waals surface area contributed by atoms with Gasteiger partial charge in [0.1, 0.15) is 0 Å². The molecule has 4 nitrogen and oxygen atoms in total. The van der Waals surface area contributed by atoms with E-state index in [4.69, 9.17) is 11.6 Å². The zero-order valence-electron chi connectivity index (χ0n) is 20.4. The maximum atomic E-state index is 13.9. The number of rotatable bonds is 5. The first-order valence-corrected chi connectivity index (χ1v) is 13.4. The van der Waals surface area contributed by atoms with E-state index in [0.29, 0.717) is 37.6 Å². The zero-order valence-corrected chi connectivity index (χ0v) is 21.1. The number of halogens is 4. The van der Waals surface area contributed by atoms with Crippen LogP contribution in [0, 0.1) is 5.92 Å². The highest BCUT2D eigenvalue weighted by molar-refractivity contribution is 6.31. The minimum absolute atomic E-state index is 0.0354. The SMILES string of the molecule is O=C(C1CCCCC1)C(C1CCc2ccccc2N1)N1CCN(c2ccc(Cl)c(C(F)(F)F)c2)CC1. The number of Topliss-reactive ketones (excluding diaryl/α,β-unsaturated/α-hetero) is 1. The summed E-state index contributed by atoms with van der Waals surface area (Å²) in [5.74, 6) is 0.442. The Balaban J connectivity index is 1.34. The van der Waals surface area contributed by atoms with Gasteiger partial charge in [0, 0.05) is 49.5 Å². The molecule has 3 aliphatic rings. The van der Waals surface area contributed by atoms with Crippen molar-refractivity contribution in [3.63, 3.8) is 0 Å². The topological polar surface area (TPSA) is 35.6 Å². The second-order valence-electron chi connectivity index (χ2n) is 10.3. The van der Waals surface area contributed by atoms with Gasteiger partial charge in [0.15, 0.2) is 5.78 Å². The number of hydrogen-bond acceptors (Lipinski definition) is 4. The van der Waals surface area contributed by atoms with Gasteiger partial charge in [-0.2, -0.15) is 13.2 Å². The van der Waals surface area contributed by atoms with Gasteiger partial charge in [-0.25, -0.2) is 0 Å². The molecule has 194 valence electrons. The average Bonchev–Trinajstić information content (AvgIpc) is 2.89. The first-order valence-electron chi connectivity index (χ1n) is 13.0. The molecule has 1 saturated carbocycles. The van der Waals surface area contributed by atoms with Gasteiger partial charge in [-0.15, -0.1) is 0 Å². The molecule has 0 radical (unpaired) electrons. The van der Waals surface area contributed by atoms with Crippen LogP contribution in [-0.2, 0) is 17.4 Å². The fourth-order valence-electron chi connectivity index (χ4n) is 6.15. The van der Waals surface area contributed by atoms with Crippen LogP contribution in [0.25, 0.3) is 0 Å². The highest BCUT2D eigenvalue weighted by Crippen LogP contribution is 2.38. The van der Waals surface area contributed by atoms with E-state index in [-0.39, 0.29) is 23.0 Å². The molecule has 0 amide bonds. The summed E-state index contributed by atoms with van der Waals surface area (Å²) in [6, 6.07) is 12.2. The molecule has 5 rings (SSSR count). The van der Waals surface area contributed by atoms with Crippen molar-refractivity contribution in [2.24, 2.45) is 5.92 Å². The summed E-state index contributed by atoms with van der Waals surface area (Å²) in [6.07, 6.45) is 2.68. The Morgan fingerprint density at radius 3 is 2.42 bits per heavy atom. The fourth-order valence-corrected chi connectivity index (χ4v) is 6.37. The van der Waals surface area contributed by atoms with Crippen LogP contribution in [0.5, 0.6) is 0 Å². The number of piperazine rings is 1. The lowest BCUT2D eigenvalue weighted by molar-refractivity contribution is -0.137. The summed E-state index contributed by atoms with van der Waals surface area (Å²) in [6.45, 7) is 2.40. The number of aryl methyl sites for hydroxylation is 1. The van der Waals surface area contributed by atoms with E-state index in [9.17, 15) is 18.0 Å². The van der Waals surface area contributed by atoms with Crippen LogP contribution in [0.15, 0.2) is 42.5 Å². The average molecular weight is 520 g/mol.